The zero-order valence-electron chi connectivity index (χ0n) is 17.0. The SMILES string of the molecule is COC(=O)C(CC#CCN1CCCC1)NS(=O)(=O)c1ccc(-c2ccccc2)cc1. The molecule has 1 N–H and O–H groups in total. The van der Waals surface area contributed by atoms with Gasteiger partial charge in [-0.2, -0.15) is 4.72 Å². The van der Waals surface area contributed by atoms with Gasteiger partial charge in [0.15, 0.2) is 0 Å². The first-order chi connectivity index (χ1) is 14.5. The Morgan fingerprint density at radius 3 is 2.30 bits per heavy atom. The van der Waals surface area contributed by atoms with E-state index in [9.17, 15) is 13.2 Å². The largest absolute Gasteiger partial charge is 0.468 e. The van der Waals surface area contributed by atoms with Crippen molar-refractivity contribution in [2.24, 2.45) is 0 Å². The minimum Gasteiger partial charge on any atom is -0.468 e. The summed E-state index contributed by atoms with van der Waals surface area (Å²) in [6.07, 6.45) is 2.41. The highest BCUT2D eigenvalue weighted by Crippen LogP contribution is 2.21. The van der Waals surface area contributed by atoms with E-state index in [1.807, 2.05) is 30.3 Å². The molecule has 2 aromatic carbocycles. The molecule has 1 fully saturated rings. The Balaban J connectivity index is 1.68. The normalized spacial score (nSPS) is 15.2. The number of esters is 1. The Kier molecular flexibility index (Phi) is 7.63. The predicted octanol–water partition coefficient (Wildman–Crippen LogP) is 2.66. The van der Waals surface area contributed by atoms with Crippen molar-refractivity contribution in [3.63, 3.8) is 0 Å². The van der Waals surface area contributed by atoms with Crippen LogP contribution in [0, 0.1) is 11.8 Å². The van der Waals surface area contributed by atoms with Crippen LogP contribution < -0.4 is 4.72 Å². The lowest BCUT2D eigenvalue weighted by atomic mass is 10.1. The smallest absolute Gasteiger partial charge is 0.324 e. The van der Waals surface area contributed by atoms with E-state index in [4.69, 9.17) is 4.74 Å². The first-order valence-corrected chi connectivity index (χ1v) is 11.4. The van der Waals surface area contributed by atoms with Crippen molar-refractivity contribution >= 4 is 16.0 Å². The Hall–Kier alpha value is -2.66. The number of benzene rings is 2. The molecule has 1 aliphatic heterocycles. The predicted molar refractivity (Wildman–Crippen MR) is 116 cm³/mol. The summed E-state index contributed by atoms with van der Waals surface area (Å²) in [7, 11) is -2.66. The third-order valence-electron chi connectivity index (χ3n) is 4.99. The standard InChI is InChI=1S/C23H26N2O4S/c1-29-23(26)22(11-5-6-16-25-17-7-8-18-25)24-30(27,28)21-14-12-20(13-15-21)19-9-3-2-4-10-19/h2-4,9-10,12-15,22,24H,7-8,11,16-18H2,1H3. The molecule has 158 valence electrons. The number of sulfonamides is 1. The van der Waals surface area contributed by atoms with Crippen molar-refractivity contribution in [1.82, 2.24) is 9.62 Å². The fourth-order valence-electron chi connectivity index (χ4n) is 3.31. The fourth-order valence-corrected chi connectivity index (χ4v) is 4.50. The second-order valence-corrected chi connectivity index (χ2v) is 8.84. The molecule has 6 nitrogen and oxygen atoms in total. The van der Waals surface area contributed by atoms with Gasteiger partial charge in [-0.3, -0.25) is 9.69 Å². The highest BCUT2D eigenvalue weighted by Gasteiger charge is 2.26. The number of carbonyl (C=O) groups excluding carboxylic acids is 1. The van der Waals surface area contributed by atoms with Gasteiger partial charge in [0.2, 0.25) is 10.0 Å². The summed E-state index contributed by atoms with van der Waals surface area (Å²) < 4.78 is 32.7. The van der Waals surface area contributed by atoms with Crippen LogP contribution in [0.15, 0.2) is 59.5 Å². The van der Waals surface area contributed by atoms with Crippen molar-refractivity contribution in [2.45, 2.75) is 30.2 Å². The molecule has 0 saturated carbocycles. The van der Waals surface area contributed by atoms with E-state index in [2.05, 4.69) is 21.5 Å². The molecule has 30 heavy (non-hydrogen) atoms. The summed E-state index contributed by atoms with van der Waals surface area (Å²) in [5.74, 6) is 5.28. The summed E-state index contributed by atoms with van der Waals surface area (Å²) in [6, 6.07) is 15.2. The van der Waals surface area contributed by atoms with Crippen LogP contribution in [0.25, 0.3) is 11.1 Å². The van der Waals surface area contributed by atoms with Gasteiger partial charge in [0.25, 0.3) is 0 Å². The van der Waals surface area contributed by atoms with E-state index in [1.54, 1.807) is 12.1 Å². The van der Waals surface area contributed by atoms with E-state index in [0.29, 0.717) is 6.54 Å². The average molecular weight is 427 g/mol. The molecular weight excluding hydrogens is 400 g/mol. The minimum absolute atomic E-state index is 0.0574. The van der Waals surface area contributed by atoms with E-state index in [0.717, 1.165) is 24.2 Å². The maximum absolute atomic E-state index is 12.8. The Labute approximate surface area is 178 Å². The summed E-state index contributed by atoms with van der Waals surface area (Å²) in [5.41, 5.74) is 1.90. The van der Waals surface area contributed by atoms with Gasteiger partial charge in [0.1, 0.15) is 6.04 Å². The van der Waals surface area contributed by atoms with Crippen LogP contribution >= 0.6 is 0 Å². The lowest BCUT2D eigenvalue weighted by Gasteiger charge is -2.15. The highest BCUT2D eigenvalue weighted by molar-refractivity contribution is 7.89. The third-order valence-corrected chi connectivity index (χ3v) is 6.47. The number of likely N-dealkylation sites (tertiary alicyclic amines) is 1. The first kappa shape index (κ1) is 22.0. The first-order valence-electron chi connectivity index (χ1n) is 9.93. The van der Waals surface area contributed by atoms with Crippen LogP contribution in [-0.2, 0) is 19.6 Å². The lowest BCUT2D eigenvalue weighted by molar-refractivity contribution is -0.142. The summed E-state index contributed by atoms with van der Waals surface area (Å²) in [4.78, 5) is 14.4. The molecule has 0 radical (unpaired) electrons. The van der Waals surface area contributed by atoms with Crippen molar-refractivity contribution in [3.05, 3.63) is 54.6 Å². The summed E-state index contributed by atoms with van der Waals surface area (Å²) in [5, 5.41) is 0. The van der Waals surface area contributed by atoms with E-state index >= 15 is 0 Å². The molecule has 0 aliphatic carbocycles. The topological polar surface area (TPSA) is 75.7 Å². The number of nitrogens with zero attached hydrogens (tertiary/aromatic N) is 1. The van der Waals surface area contributed by atoms with Crippen LogP contribution in [0.2, 0.25) is 0 Å². The molecule has 1 heterocycles. The number of hydrogen-bond acceptors (Lipinski definition) is 5. The van der Waals surface area contributed by atoms with Gasteiger partial charge < -0.3 is 4.74 Å². The molecule has 0 aromatic heterocycles. The van der Waals surface area contributed by atoms with Gasteiger partial charge in [0, 0.05) is 6.42 Å². The van der Waals surface area contributed by atoms with Crippen LogP contribution in [0.5, 0.6) is 0 Å². The fraction of sp³-hybridized carbons (Fsp3) is 0.348. The zero-order valence-corrected chi connectivity index (χ0v) is 17.8. The van der Waals surface area contributed by atoms with Crippen LogP contribution in [0.3, 0.4) is 0 Å². The molecule has 1 unspecified atom stereocenters. The molecule has 7 heteroatoms. The molecule has 1 aliphatic rings. The molecular formula is C23H26N2O4S. The monoisotopic (exact) mass is 426 g/mol. The third kappa shape index (κ3) is 5.92. The maximum atomic E-state index is 12.8. The van der Waals surface area contributed by atoms with Crippen molar-refractivity contribution < 1.29 is 17.9 Å². The van der Waals surface area contributed by atoms with Crippen LogP contribution in [0.1, 0.15) is 19.3 Å². The molecule has 1 atom stereocenters. The number of methoxy groups -OCH3 is 1. The summed E-state index contributed by atoms with van der Waals surface area (Å²) in [6.45, 7) is 2.68. The van der Waals surface area contributed by atoms with Crippen molar-refractivity contribution in [2.75, 3.05) is 26.7 Å². The van der Waals surface area contributed by atoms with Gasteiger partial charge in [-0.25, -0.2) is 8.42 Å². The molecule has 3 rings (SSSR count). The number of carbonyl (C=O) groups is 1. The number of hydrogen-bond donors (Lipinski definition) is 1. The second kappa shape index (κ2) is 10.4. The molecule has 0 spiro atoms. The van der Waals surface area contributed by atoms with E-state index < -0.39 is 22.0 Å². The van der Waals surface area contributed by atoms with Crippen LogP contribution in [-0.4, -0.2) is 52.1 Å². The van der Waals surface area contributed by atoms with E-state index in [-0.39, 0.29) is 11.3 Å². The van der Waals surface area contributed by atoms with Crippen molar-refractivity contribution in [3.8, 4) is 23.0 Å². The van der Waals surface area contributed by atoms with E-state index in [1.165, 1.54) is 32.1 Å². The maximum Gasteiger partial charge on any atom is 0.324 e. The highest BCUT2D eigenvalue weighted by atomic mass is 32.2. The van der Waals surface area contributed by atoms with Crippen molar-refractivity contribution in [1.29, 1.82) is 0 Å². The van der Waals surface area contributed by atoms with Gasteiger partial charge in [0.05, 0.1) is 18.6 Å². The molecule has 0 amide bonds. The summed E-state index contributed by atoms with van der Waals surface area (Å²) >= 11 is 0. The Morgan fingerprint density at radius 1 is 1.03 bits per heavy atom. The lowest BCUT2D eigenvalue weighted by Crippen LogP contribution is -2.41. The van der Waals surface area contributed by atoms with Crippen LogP contribution in [0.4, 0.5) is 0 Å². The Bertz CT molecular complexity index is 1000. The molecule has 0 bridgehead atoms. The average Bonchev–Trinajstić information content (AvgIpc) is 3.29. The Morgan fingerprint density at radius 2 is 1.67 bits per heavy atom. The number of ether oxygens (including phenoxy) is 1. The van der Waals surface area contributed by atoms with Gasteiger partial charge >= 0.3 is 5.97 Å². The van der Waals surface area contributed by atoms with Gasteiger partial charge in [-0.05, 0) is 49.2 Å². The quantitative estimate of drug-likeness (QED) is 0.544. The molecule has 2 aromatic rings. The minimum atomic E-state index is -3.90. The molecule has 1 saturated heterocycles. The second-order valence-electron chi connectivity index (χ2n) is 7.13. The zero-order chi connectivity index (χ0) is 21.4. The number of rotatable bonds is 7. The van der Waals surface area contributed by atoms with Gasteiger partial charge in [-0.1, -0.05) is 54.3 Å². The number of nitrogens with one attached hydrogen (secondary N) is 1. The van der Waals surface area contributed by atoms with Gasteiger partial charge in [-0.15, -0.1) is 0 Å².